The first-order valence-corrected chi connectivity index (χ1v) is 25.5. The van der Waals surface area contributed by atoms with Crippen molar-refractivity contribution < 1.29 is 4.42 Å². The summed E-state index contributed by atoms with van der Waals surface area (Å²) in [6.45, 7) is 0. The fourth-order valence-corrected chi connectivity index (χ4v) is 13.0. The normalized spacial score (nSPS) is 12.3. The maximum atomic E-state index is 6.60. The molecule has 74 heavy (non-hydrogen) atoms. The van der Waals surface area contributed by atoms with Crippen molar-refractivity contribution in [1.82, 2.24) is 13.7 Å². The molecule has 1 aliphatic carbocycles. The second-order valence-corrected chi connectivity index (χ2v) is 20.0. The fourth-order valence-electron chi connectivity index (χ4n) is 13.0. The SMILES string of the molecule is c1ccc(-n2c3cc(-c4ccc5c(c4)c4ccccc4n5-c4ccc5c6c(cccc46)-c4ccccc4-5)ccc3c3ccc(-c4ccc5c(c4)c4ccccc4n5-c4cccc5c4oc4ccccc45)cc32)cc1. The summed E-state index contributed by atoms with van der Waals surface area (Å²) in [5.41, 5.74) is 22.2. The third-order valence-corrected chi connectivity index (χ3v) is 16.2. The van der Waals surface area contributed by atoms with Gasteiger partial charge in [0.25, 0.3) is 0 Å². The first-order valence-electron chi connectivity index (χ1n) is 25.5. The van der Waals surface area contributed by atoms with Crippen LogP contribution in [0, 0.1) is 0 Å². The maximum Gasteiger partial charge on any atom is 0.159 e. The van der Waals surface area contributed by atoms with E-state index in [0.29, 0.717) is 0 Å². The predicted octanol–water partition coefficient (Wildman–Crippen LogP) is 19.0. The van der Waals surface area contributed by atoms with Crippen molar-refractivity contribution in [2.45, 2.75) is 0 Å². The van der Waals surface area contributed by atoms with Gasteiger partial charge in [0.05, 0.1) is 44.5 Å². The predicted molar refractivity (Wildman–Crippen MR) is 310 cm³/mol. The van der Waals surface area contributed by atoms with Crippen LogP contribution in [0.2, 0.25) is 0 Å². The van der Waals surface area contributed by atoms with Crippen molar-refractivity contribution in [2.24, 2.45) is 0 Å². The molecule has 0 saturated heterocycles. The lowest BCUT2D eigenvalue weighted by Crippen LogP contribution is -1.96. The molecule has 342 valence electrons. The van der Waals surface area contributed by atoms with Crippen molar-refractivity contribution in [3.63, 3.8) is 0 Å². The largest absolute Gasteiger partial charge is 0.454 e. The van der Waals surface area contributed by atoms with Crippen molar-refractivity contribution in [1.29, 1.82) is 0 Å². The number of rotatable bonds is 5. The minimum Gasteiger partial charge on any atom is -0.454 e. The van der Waals surface area contributed by atoms with Gasteiger partial charge in [0.2, 0.25) is 0 Å². The molecule has 17 rings (SSSR count). The molecule has 4 heterocycles. The van der Waals surface area contributed by atoms with Gasteiger partial charge in [-0.2, -0.15) is 0 Å². The van der Waals surface area contributed by atoms with Crippen LogP contribution < -0.4 is 0 Å². The van der Waals surface area contributed by atoms with Gasteiger partial charge >= 0.3 is 0 Å². The second kappa shape index (κ2) is 14.8. The minimum absolute atomic E-state index is 0.895. The van der Waals surface area contributed by atoms with E-state index >= 15 is 0 Å². The Hall–Kier alpha value is -9.90. The molecule has 0 radical (unpaired) electrons. The Morgan fingerprint density at radius 3 is 1.39 bits per heavy atom. The zero-order valence-corrected chi connectivity index (χ0v) is 39.9. The minimum atomic E-state index is 0.895. The van der Waals surface area contributed by atoms with Crippen molar-refractivity contribution in [3.8, 4) is 61.6 Å². The van der Waals surface area contributed by atoms with Gasteiger partial charge < -0.3 is 18.1 Å². The lowest BCUT2D eigenvalue weighted by Gasteiger charge is -2.13. The van der Waals surface area contributed by atoms with Crippen LogP contribution in [0.5, 0.6) is 0 Å². The highest BCUT2D eigenvalue weighted by molar-refractivity contribution is 6.20. The number of benzene rings is 12. The Morgan fingerprint density at radius 2 is 0.716 bits per heavy atom. The molecule has 0 aliphatic heterocycles. The third-order valence-electron chi connectivity index (χ3n) is 16.2. The van der Waals surface area contributed by atoms with Crippen LogP contribution in [-0.2, 0) is 0 Å². The molecular weight excluding hydrogens is 899 g/mol. The summed E-state index contributed by atoms with van der Waals surface area (Å²) in [7, 11) is 0. The molecule has 4 aromatic heterocycles. The molecule has 1 aliphatic rings. The van der Waals surface area contributed by atoms with E-state index in [4.69, 9.17) is 4.42 Å². The fraction of sp³-hybridized carbons (Fsp3) is 0. The average molecular weight is 940 g/mol. The van der Waals surface area contributed by atoms with E-state index in [1.165, 1.54) is 115 Å². The van der Waals surface area contributed by atoms with E-state index < -0.39 is 0 Å². The van der Waals surface area contributed by atoms with Crippen LogP contribution in [0.4, 0.5) is 0 Å². The Bertz CT molecular complexity index is 5050. The van der Waals surface area contributed by atoms with Gasteiger partial charge in [-0.15, -0.1) is 0 Å². The van der Waals surface area contributed by atoms with Crippen LogP contribution in [-0.4, -0.2) is 13.7 Å². The van der Waals surface area contributed by atoms with E-state index in [1.54, 1.807) is 0 Å². The number of hydrogen-bond donors (Lipinski definition) is 0. The highest BCUT2D eigenvalue weighted by Crippen LogP contribution is 2.50. The molecule has 0 bridgehead atoms. The number of aromatic nitrogens is 3. The highest BCUT2D eigenvalue weighted by Gasteiger charge is 2.25. The van der Waals surface area contributed by atoms with Crippen LogP contribution in [0.1, 0.15) is 0 Å². The van der Waals surface area contributed by atoms with Gasteiger partial charge in [0.15, 0.2) is 5.58 Å². The van der Waals surface area contributed by atoms with Crippen molar-refractivity contribution in [2.75, 3.05) is 0 Å². The monoisotopic (exact) mass is 939 g/mol. The molecular formula is C70H41N3O. The molecule has 16 aromatic rings. The van der Waals surface area contributed by atoms with E-state index in [1.807, 2.05) is 6.07 Å². The number of nitrogens with zero attached hydrogens (tertiary/aromatic N) is 3. The summed E-state index contributed by atoms with van der Waals surface area (Å²) in [4.78, 5) is 0. The lowest BCUT2D eigenvalue weighted by atomic mass is 9.99. The van der Waals surface area contributed by atoms with Crippen molar-refractivity contribution >= 4 is 98.1 Å². The van der Waals surface area contributed by atoms with Crippen molar-refractivity contribution in [3.05, 3.63) is 249 Å². The van der Waals surface area contributed by atoms with Gasteiger partial charge in [-0.3, -0.25) is 0 Å². The van der Waals surface area contributed by atoms with Crippen LogP contribution in [0.3, 0.4) is 0 Å². The summed E-state index contributed by atoms with van der Waals surface area (Å²) in [5, 5.41) is 12.2. The molecule has 0 saturated carbocycles. The number of furan rings is 1. The van der Waals surface area contributed by atoms with Gasteiger partial charge in [0, 0.05) is 54.2 Å². The smallest absolute Gasteiger partial charge is 0.159 e. The van der Waals surface area contributed by atoms with Gasteiger partial charge in [-0.25, -0.2) is 0 Å². The van der Waals surface area contributed by atoms with E-state index in [-0.39, 0.29) is 0 Å². The summed E-state index contributed by atoms with van der Waals surface area (Å²) in [6, 6.07) is 91.6. The Morgan fingerprint density at radius 1 is 0.243 bits per heavy atom. The number of hydrogen-bond acceptors (Lipinski definition) is 1. The zero-order chi connectivity index (χ0) is 48.2. The van der Waals surface area contributed by atoms with Gasteiger partial charge in [0.1, 0.15) is 5.58 Å². The van der Waals surface area contributed by atoms with Gasteiger partial charge in [-0.1, -0.05) is 170 Å². The summed E-state index contributed by atoms with van der Waals surface area (Å²) < 4.78 is 13.9. The lowest BCUT2D eigenvalue weighted by molar-refractivity contribution is 0.666. The van der Waals surface area contributed by atoms with E-state index in [9.17, 15) is 0 Å². The van der Waals surface area contributed by atoms with E-state index in [0.717, 1.165) is 44.3 Å². The van der Waals surface area contributed by atoms with Crippen LogP contribution >= 0.6 is 0 Å². The standard InChI is InChI=1S/C70H41N3O/c1-2-14-46(15-3-1)71-66-40-44(42-30-35-63-58(38-42)49-18-6-9-24-60(49)72(63)62-37-34-55-48-17-5-4-16-47(48)54-21-12-23-57(62)69(54)55)28-32-51(66)52-33-29-45(41-67(52)71)43-31-36-64-59(39-43)50-19-7-10-25-61(50)73(64)65-26-13-22-56-53-20-8-11-27-68(53)74-70(56)65/h1-41H. The Kier molecular flexibility index (Phi) is 7.97. The average Bonchev–Trinajstić information content (AvgIpc) is 4.31. The molecule has 0 amide bonds. The first kappa shape index (κ1) is 39.8. The number of para-hydroxylation sites is 5. The quantitative estimate of drug-likeness (QED) is 0.169. The first-order chi connectivity index (χ1) is 36.7. The molecule has 4 nitrogen and oxygen atoms in total. The molecule has 0 fully saturated rings. The molecule has 0 atom stereocenters. The molecule has 0 spiro atoms. The molecule has 12 aromatic carbocycles. The topological polar surface area (TPSA) is 27.9 Å². The highest BCUT2D eigenvalue weighted by atomic mass is 16.3. The summed E-state index contributed by atoms with van der Waals surface area (Å²) in [6.07, 6.45) is 0. The molecule has 0 unspecified atom stereocenters. The molecule has 4 heteroatoms. The summed E-state index contributed by atoms with van der Waals surface area (Å²) >= 11 is 0. The maximum absolute atomic E-state index is 6.60. The second-order valence-electron chi connectivity index (χ2n) is 20.0. The van der Waals surface area contributed by atoms with Crippen LogP contribution in [0.25, 0.3) is 160 Å². The Labute approximate surface area is 424 Å². The third kappa shape index (κ3) is 5.41. The zero-order valence-electron chi connectivity index (χ0n) is 39.9. The Balaban J connectivity index is 0.814. The molecule has 0 N–H and O–H groups in total. The van der Waals surface area contributed by atoms with E-state index in [2.05, 4.69) is 256 Å². The van der Waals surface area contributed by atoms with Gasteiger partial charge in [-0.05, 0) is 129 Å². The van der Waals surface area contributed by atoms with Crippen LogP contribution in [0.15, 0.2) is 253 Å². The number of fused-ring (bicyclic) bond motifs is 15. The summed E-state index contributed by atoms with van der Waals surface area (Å²) in [5.74, 6) is 0.